The third-order valence-electron chi connectivity index (χ3n) is 3.88. The first-order valence-corrected chi connectivity index (χ1v) is 6.02. The summed E-state index contributed by atoms with van der Waals surface area (Å²) in [6.07, 6.45) is 5.53. The summed E-state index contributed by atoms with van der Waals surface area (Å²) < 4.78 is 0. The third-order valence-corrected chi connectivity index (χ3v) is 3.88. The van der Waals surface area contributed by atoms with Crippen molar-refractivity contribution in [2.24, 2.45) is 0 Å². The van der Waals surface area contributed by atoms with Crippen LogP contribution in [0.1, 0.15) is 46.5 Å². The van der Waals surface area contributed by atoms with Gasteiger partial charge in [0.1, 0.15) is 0 Å². The van der Waals surface area contributed by atoms with Gasteiger partial charge in [-0.1, -0.05) is 6.42 Å². The zero-order valence-corrected chi connectivity index (χ0v) is 9.90. The van der Waals surface area contributed by atoms with E-state index in [1.165, 1.54) is 45.3 Å². The number of rotatable bonds is 0. The molecule has 0 amide bonds. The highest BCUT2D eigenvalue weighted by Gasteiger charge is 2.41. The number of nitrogens with zero attached hydrogens (tertiary/aromatic N) is 1. The van der Waals surface area contributed by atoms with E-state index in [0.29, 0.717) is 11.1 Å². The summed E-state index contributed by atoms with van der Waals surface area (Å²) in [5.41, 5.74) is 0.828. The number of hydrogen-bond acceptors (Lipinski definition) is 2. The lowest BCUT2D eigenvalue weighted by Crippen LogP contribution is -2.52. The molecule has 0 aromatic heterocycles. The highest BCUT2D eigenvalue weighted by atomic mass is 15.3. The van der Waals surface area contributed by atoms with Gasteiger partial charge in [0.25, 0.3) is 0 Å². The first-order chi connectivity index (χ1) is 6.52. The monoisotopic (exact) mass is 196 g/mol. The molecule has 0 bridgehead atoms. The molecule has 0 radical (unpaired) electrons. The maximum Gasteiger partial charge on any atom is 0.0321 e. The molecule has 2 saturated heterocycles. The SMILES string of the molecule is CC(C)(C)N1CCC2(CCCCN2)C1. The van der Waals surface area contributed by atoms with Crippen molar-refractivity contribution in [3.8, 4) is 0 Å². The van der Waals surface area contributed by atoms with Crippen LogP contribution in [0.2, 0.25) is 0 Å². The predicted molar refractivity (Wildman–Crippen MR) is 60.5 cm³/mol. The maximum absolute atomic E-state index is 3.75. The molecule has 0 aromatic rings. The standard InChI is InChI=1S/C12H24N2/c1-11(2,3)14-9-7-12(10-14)6-4-5-8-13-12/h13H,4-10H2,1-3H3. The third kappa shape index (κ3) is 1.96. The Morgan fingerprint density at radius 1 is 1.14 bits per heavy atom. The quantitative estimate of drug-likeness (QED) is 0.637. The summed E-state index contributed by atoms with van der Waals surface area (Å²) in [6.45, 7) is 10.8. The normalized spacial score (nSPS) is 35.4. The largest absolute Gasteiger partial charge is 0.310 e. The van der Waals surface area contributed by atoms with E-state index in [4.69, 9.17) is 0 Å². The molecule has 1 atom stereocenters. The van der Waals surface area contributed by atoms with Gasteiger partial charge in [-0.3, -0.25) is 4.90 Å². The molecule has 2 heterocycles. The summed E-state index contributed by atoms with van der Waals surface area (Å²) in [5, 5.41) is 3.75. The molecule has 2 heteroatoms. The number of piperidine rings is 1. The van der Waals surface area contributed by atoms with Crippen LogP contribution in [0.5, 0.6) is 0 Å². The Labute approximate surface area is 88.1 Å². The summed E-state index contributed by atoms with van der Waals surface area (Å²) in [4.78, 5) is 2.63. The Morgan fingerprint density at radius 3 is 2.43 bits per heavy atom. The van der Waals surface area contributed by atoms with E-state index < -0.39 is 0 Å². The van der Waals surface area contributed by atoms with Crippen molar-refractivity contribution in [1.29, 1.82) is 0 Å². The van der Waals surface area contributed by atoms with Gasteiger partial charge in [0.15, 0.2) is 0 Å². The van der Waals surface area contributed by atoms with Crippen molar-refractivity contribution in [3.05, 3.63) is 0 Å². The maximum atomic E-state index is 3.75. The predicted octanol–water partition coefficient (Wildman–Crippen LogP) is 2.00. The molecule has 2 nitrogen and oxygen atoms in total. The molecule has 2 aliphatic heterocycles. The Bertz CT molecular complexity index is 199. The Balaban J connectivity index is 1.99. The minimum absolute atomic E-state index is 0.350. The van der Waals surface area contributed by atoms with Crippen molar-refractivity contribution in [2.45, 2.75) is 57.5 Å². The van der Waals surface area contributed by atoms with E-state index in [1.807, 2.05) is 0 Å². The molecule has 0 aliphatic carbocycles. The molecule has 2 rings (SSSR count). The fourth-order valence-electron chi connectivity index (χ4n) is 2.82. The van der Waals surface area contributed by atoms with Crippen LogP contribution < -0.4 is 5.32 Å². The average molecular weight is 196 g/mol. The van der Waals surface area contributed by atoms with E-state index in [2.05, 4.69) is 31.0 Å². The Kier molecular flexibility index (Phi) is 2.61. The van der Waals surface area contributed by atoms with Gasteiger partial charge in [0, 0.05) is 24.2 Å². The van der Waals surface area contributed by atoms with E-state index in [0.717, 1.165) is 0 Å². The van der Waals surface area contributed by atoms with Crippen molar-refractivity contribution in [1.82, 2.24) is 10.2 Å². The molecule has 1 N–H and O–H groups in total. The van der Waals surface area contributed by atoms with Crippen LogP contribution >= 0.6 is 0 Å². The molecule has 0 saturated carbocycles. The summed E-state index contributed by atoms with van der Waals surface area (Å²) >= 11 is 0. The smallest absolute Gasteiger partial charge is 0.0321 e. The van der Waals surface area contributed by atoms with E-state index in [9.17, 15) is 0 Å². The van der Waals surface area contributed by atoms with Crippen molar-refractivity contribution in [2.75, 3.05) is 19.6 Å². The molecular weight excluding hydrogens is 172 g/mol. The molecule has 0 aromatic carbocycles. The number of nitrogens with one attached hydrogen (secondary N) is 1. The van der Waals surface area contributed by atoms with Crippen LogP contribution in [0.3, 0.4) is 0 Å². The van der Waals surface area contributed by atoms with Crippen LogP contribution in [-0.4, -0.2) is 35.6 Å². The molecule has 1 unspecified atom stereocenters. The first kappa shape index (κ1) is 10.4. The average Bonchev–Trinajstić information content (AvgIpc) is 2.50. The molecule has 14 heavy (non-hydrogen) atoms. The molecule has 1 spiro atoms. The second-order valence-electron chi connectivity index (χ2n) is 6.01. The number of likely N-dealkylation sites (tertiary alicyclic amines) is 1. The van der Waals surface area contributed by atoms with Crippen LogP contribution in [0, 0.1) is 0 Å². The fraction of sp³-hybridized carbons (Fsp3) is 1.00. The van der Waals surface area contributed by atoms with Gasteiger partial charge in [-0.15, -0.1) is 0 Å². The van der Waals surface area contributed by atoms with E-state index in [1.54, 1.807) is 0 Å². The van der Waals surface area contributed by atoms with Crippen LogP contribution in [0.15, 0.2) is 0 Å². The second kappa shape index (κ2) is 3.49. The topological polar surface area (TPSA) is 15.3 Å². The van der Waals surface area contributed by atoms with Gasteiger partial charge < -0.3 is 5.32 Å². The van der Waals surface area contributed by atoms with Gasteiger partial charge in [0.05, 0.1) is 0 Å². The van der Waals surface area contributed by atoms with Crippen LogP contribution in [-0.2, 0) is 0 Å². The molecule has 82 valence electrons. The molecule has 2 aliphatic rings. The zero-order chi connectivity index (χ0) is 10.2. The van der Waals surface area contributed by atoms with Crippen LogP contribution in [0.25, 0.3) is 0 Å². The summed E-state index contributed by atoms with van der Waals surface area (Å²) in [6, 6.07) is 0. The highest BCUT2D eigenvalue weighted by Crippen LogP contribution is 2.32. The minimum atomic E-state index is 0.350. The molecule has 2 fully saturated rings. The lowest BCUT2D eigenvalue weighted by Gasteiger charge is -2.38. The van der Waals surface area contributed by atoms with Gasteiger partial charge >= 0.3 is 0 Å². The van der Waals surface area contributed by atoms with E-state index >= 15 is 0 Å². The zero-order valence-electron chi connectivity index (χ0n) is 9.90. The number of hydrogen-bond donors (Lipinski definition) is 1. The first-order valence-electron chi connectivity index (χ1n) is 6.02. The van der Waals surface area contributed by atoms with Gasteiger partial charge in [-0.2, -0.15) is 0 Å². The van der Waals surface area contributed by atoms with Gasteiger partial charge in [-0.05, 0) is 46.6 Å². The minimum Gasteiger partial charge on any atom is -0.310 e. The van der Waals surface area contributed by atoms with Crippen molar-refractivity contribution >= 4 is 0 Å². The van der Waals surface area contributed by atoms with Gasteiger partial charge in [-0.25, -0.2) is 0 Å². The second-order valence-corrected chi connectivity index (χ2v) is 6.01. The fourth-order valence-corrected chi connectivity index (χ4v) is 2.82. The Hall–Kier alpha value is -0.0800. The van der Waals surface area contributed by atoms with E-state index in [-0.39, 0.29) is 0 Å². The van der Waals surface area contributed by atoms with Crippen LogP contribution in [0.4, 0.5) is 0 Å². The lowest BCUT2D eigenvalue weighted by molar-refractivity contribution is 0.149. The highest BCUT2D eigenvalue weighted by molar-refractivity contribution is 5.01. The van der Waals surface area contributed by atoms with Gasteiger partial charge in [0.2, 0.25) is 0 Å². The lowest BCUT2D eigenvalue weighted by atomic mass is 9.88. The summed E-state index contributed by atoms with van der Waals surface area (Å²) in [7, 11) is 0. The summed E-state index contributed by atoms with van der Waals surface area (Å²) in [5.74, 6) is 0. The molecular formula is C12H24N2. The Morgan fingerprint density at radius 2 is 1.93 bits per heavy atom. The van der Waals surface area contributed by atoms with Crippen molar-refractivity contribution < 1.29 is 0 Å². The van der Waals surface area contributed by atoms with Crippen molar-refractivity contribution in [3.63, 3.8) is 0 Å².